The van der Waals surface area contributed by atoms with Crippen LogP contribution in [0.4, 0.5) is 0 Å². The van der Waals surface area contributed by atoms with Gasteiger partial charge in [-0.05, 0) is 36.4 Å². The highest BCUT2D eigenvalue weighted by Gasteiger charge is 2.42. The third-order valence-corrected chi connectivity index (χ3v) is 9.04. The molecule has 0 saturated heterocycles. The van der Waals surface area contributed by atoms with Gasteiger partial charge in [0.2, 0.25) is 0 Å². The van der Waals surface area contributed by atoms with Crippen LogP contribution in [-0.4, -0.2) is 19.1 Å². The molecule has 3 aromatic heterocycles. The Bertz CT molecular complexity index is 2580. The summed E-state index contributed by atoms with van der Waals surface area (Å²) in [6.45, 7) is 0. The fraction of sp³-hybridized carbons (Fsp3) is 0. The Labute approximate surface area is 273 Å². The van der Waals surface area contributed by atoms with E-state index in [1.807, 2.05) is 118 Å². The molecular formula is C40H18N8. The monoisotopic (exact) mass is 610 g/mol. The zero-order valence-electron chi connectivity index (χ0n) is 25.0. The fourth-order valence-electron chi connectivity index (χ4n) is 7.23. The summed E-state index contributed by atoms with van der Waals surface area (Å²) in [4.78, 5) is 10.5. The van der Waals surface area contributed by atoms with Gasteiger partial charge in [0.05, 0.1) is 33.6 Å². The maximum atomic E-state index is 10.3. The van der Waals surface area contributed by atoms with Crippen molar-refractivity contribution in [2.45, 2.75) is 0 Å². The van der Waals surface area contributed by atoms with Gasteiger partial charge in [0, 0.05) is 33.3 Å². The first-order valence-electron chi connectivity index (χ1n) is 15.1. The van der Waals surface area contributed by atoms with Crippen molar-refractivity contribution >= 4 is 33.0 Å². The van der Waals surface area contributed by atoms with Gasteiger partial charge >= 0.3 is 0 Å². The molecule has 0 radical (unpaired) electrons. The number of aromatic nitrogens is 4. The van der Waals surface area contributed by atoms with E-state index in [9.17, 15) is 21.0 Å². The highest BCUT2D eigenvalue weighted by Crippen LogP contribution is 2.55. The lowest BCUT2D eigenvalue weighted by Crippen LogP contribution is -2.04. The van der Waals surface area contributed by atoms with Crippen molar-refractivity contribution in [3.8, 4) is 58.2 Å². The van der Waals surface area contributed by atoms with Crippen LogP contribution < -0.4 is 0 Å². The second-order valence-electron chi connectivity index (χ2n) is 11.4. The van der Waals surface area contributed by atoms with Crippen molar-refractivity contribution in [2.75, 3.05) is 0 Å². The number of para-hydroxylation sites is 4. The minimum absolute atomic E-state index is 0.0836. The van der Waals surface area contributed by atoms with Crippen molar-refractivity contribution in [3.05, 3.63) is 143 Å². The van der Waals surface area contributed by atoms with Crippen molar-refractivity contribution in [3.63, 3.8) is 0 Å². The van der Waals surface area contributed by atoms with Crippen molar-refractivity contribution in [1.29, 1.82) is 21.0 Å². The summed E-state index contributed by atoms with van der Waals surface area (Å²) in [7, 11) is 0. The summed E-state index contributed by atoms with van der Waals surface area (Å²) in [6.07, 6.45) is 0. The number of nitrogens with zero attached hydrogens (tertiary/aromatic N) is 8. The van der Waals surface area contributed by atoms with Gasteiger partial charge in [-0.1, -0.05) is 72.8 Å². The molecule has 0 atom stereocenters. The Hall–Kier alpha value is -7.52. The maximum Gasteiger partial charge on any atom is 0.141 e. The SMILES string of the molecule is N#CC(C#N)=C1c2nc3c(nc2-c2c1n(-c1ccccc1)c1ccccc21)C(=C(C#N)C#N)c1c-3c2ccccc2n1-c1ccccc1. The van der Waals surface area contributed by atoms with Gasteiger partial charge < -0.3 is 9.13 Å². The number of allylic oxidation sites excluding steroid dienone is 2. The second kappa shape index (κ2) is 9.99. The summed E-state index contributed by atoms with van der Waals surface area (Å²) in [5.41, 5.74) is 8.66. The summed E-state index contributed by atoms with van der Waals surface area (Å²) < 4.78 is 4.09. The van der Waals surface area contributed by atoms with Crippen LogP contribution in [0.1, 0.15) is 22.8 Å². The van der Waals surface area contributed by atoms with E-state index in [4.69, 9.17) is 9.97 Å². The van der Waals surface area contributed by atoms with Crippen molar-refractivity contribution in [2.24, 2.45) is 0 Å². The van der Waals surface area contributed by atoms with E-state index >= 15 is 0 Å². The smallest absolute Gasteiger partial charge is 0.141 e. The molecule has 48 heavy (non-hydrogen) atoms. The van der Waals surface area contributed by atoms with Crippen LogP contribution in [0.15, 0.2) is 120 Å². The molecule has 0 saturated carbocycles. The van der Waals surface area contributed by atoms with Gasteiger partial charge in [-0.15, -0.1) is 0 Å². The van der Waals surface area contributed by atoms with Gasteiger partial charge in [0.1, 0.15) is 58.2 Å². The molecule has 0 amide bonds. The largest absolute Gasteiger partial charge is 0.308 e. The minimum Gasteiger partial charge on any atom is -0.308 e. The van der Waals surface area contributed by atoms with E-state index < -0.39 is 0 Å². The van der Waals surface area contributed by atoms with Crippen LogP contribution in [-0.2, 0) is 0 Å². The zero-order chi connectivity index (χ0) is 32.5. The first-order chi connectivity index (χ1) is 23.7. The van der Waals surface area contributed by atoms with E-state index in [0.717, 1.165) is 44.3 Å². The molecule has 218 valence electrons. The highest BCUT2D eigenvalue weighted by molar-refractivity contribution is 6.16. The summed E-state index contributed by atoms with van der Waals surface area (Å²) in [5, 5.41) is 43.0. The normalized spacial score (nSPS) is 12.0. The topological polar surface area (TPSA) is 131 Å². The first kappa shape index (κ1) is 26.8. The third kappa shape index (κ3) is 3.38. The van der Waals surface area contributed by atoms with Crippen LogP contribution in [0.25, 0.3) is 66.8 Å². The molecule has 9 rings (SSSR count). The standard InChI is InChI=1S/C40H18N8/c41-19-23(20-42)31-35-37(33-27-15-7-9-17-29(27)47(39(31)33)25-11-3-1-4-12-25)46-36-32(24(21-43)22-44)40-34(38(36)45-35)28-16-8-10-18-30(28)48(40)26-13-5-2-6-14-26/h1-18H. The molecule has 0 fully saturated rings. The Balaban J connectivity index is 1.47. The molecule has 3 heterocycles. The van der Waals surface area contributed by atoms with Gasteiger partial charge in [-0.2, -0.15) is 21.0 Å². The molecule has 8 nitrogen and oxygen atoms in total. The molecule has 2 aliphatic rings. The van der Waals surface area contributed by atoms with E-state index in [-0.39, 0.29) is 11.1 Å². The first-order valence-corrected chi connectivity index (χ1v) is 15.1. The molecule has 0 N–H and O–H groups in total. The minimum atomic E-state index is -0.0836. The number of hydrogen-bond acceptors (Lipinski definition) is 6. The van der Waals surface area contributed by atoms with Gasteiger partial charge in [-0.25, -0.2) is 9.97 Å². The van der Waals surface area contributed by atoms with Crippen LogP contribution in [0.2, 0.25) is 0 Å². The molecule has 0 bridgehead atoms. The Kier molecular flexibility index (Phi) is 5.59. The van der Waals surface area contributed by atoms with Crippen LogP contribution >= 0.6 is 0 Å². The van der Waals surface area contributed by atoms with E-state index in [1.54, 1.807) is 0 Å². The molecule has 0 aliphatic heterocycles. The second-order valence-corrected chi connectivity index (χ2v) is 11.4. The van der Waals surface area contributed by atoms with E-state index in [2.05, 4.69) is 24.3 Å². The number of nitriles is 4. The predicted molar refractivity (Wildman–Crippen MR) is 181 cm³/mol. The lowest BCUT2D eigenvalue weighted by molar-refractivity contribution is 1.10. The third-order valence-electron chi connectivity index (χ3n) is 9.04. The lowest BCUT2D eigenvalue weighted by atomic mass is 10.1. The molecule has 0 unspecified atom stereocenters. The maximum absolute atomic E-state index is 10.3. The molecule has 7 aromatic rings. The summed E-state index contributed by atoms with van der Waals surface area (Å²) in [6, 6.07) is 43.8. The average Bonchev–Trinajstić information content (AvgIpc) is 3.85. The van der Waals surface area contributed by atoms with Crippen molar-refractivity contribution < 1.29 is 0 Å². The molecule has 0 spiro atoms. The van der Waals surface area contributed by atoms with Gasteiger partial charge in [-0.3, -0.25) is 0 Å². The fourth-order valence-corrected chi connectivity index (χ4v) is 7.23. The number of fused-ring (bicyclic) bond motifs is 10. The predicted octanol–water partition coefficient (Wildman–Crippen LogP) is 8.02. The number of benzene rings is 4. The molecule has 2 aliphatic carbocycles. The van der Waals surface area contributed by atoms with Crippen LogP contribution in [0.5, 0.6) is 0 Å². The zero-order valence-corrected chi connectivity index (χ0v) is 25.0. The Morgan fingerprint density at radius 3 is 1.17 bits per heavy atom. The van der Waals surface area contributed by atoms with Crippen LogP contribution in [0, 0.1) is 45.3 Å². The number of rotatable bonds is 2. The van der Waals surface area contributed by atoms with Crippen LogP contribution in [0.3, 0.4) is 0 Å². The molecule has 4 aromatic carbocycles. The van der Waals surface area contributed by atoms with Gasteiger partial charge in [0.15, 0.2) is 0 Å². The summed E-state index contributed by atoms with van der Waals surface area (Å²) in [5.74, 6) is 0. The van der Waals surface area contributed by atoms with E-state index in [1.165, 1.54) is 0 Å². The number of hydrogen-bond donors (Lipinski definition) is 0. The Morgan fingerprint density at radius 1 is 0.438 bits per heavy atom. The highest BCUT2D eigenvalue weighted by atomic mass is 15.0. The lowest BCUT2D eigenvalue weighted by Gasteiger charge is -2.13. The Morgan fingerprint density at radius 2 is 0.792 bits per heavy atom. The molecular weight excluding hydrogens is 592 g/mol. The van der Waals surface area contributed by atoms with E-state index in [0.29, 0.717) is 45.3 Å². The summed E-state index contributed by atoms with van der Waals surface area (Å²) >= 11 is 0. The molecule has 8 heteroatoms. The van der Waals surface area contributed by atoms with Crippen molar-refractivity contribution in [1.82, 2.24) is 19.1 Å². The van der Waals surface area contributed by atoms with Gasteiger partial charge in [0.25, 0.3) is 0 Å². The quantitative estimate of drug-likeness (QED) is 0.182. The average molecular weight is 611 g/mol.